The molecule has 0 aliphatic carbocycles. The van der Waals surface area contributed by atoms with Crippen LogP contribution in [0.15, 0.2) is 6.20 Å². The highest BCUT2D eigenvalue weighted by Crippen LogP contribution is 2.30. The van der Waals surface area contributed by atoms with Crippen molar-refractivity contribution < 1.29 is 8.78 Å². The van der Waals surface area contributed by atoms with Crippen molar-refractivity contribution in [2.75, 3.05) is 5.73 Å². The minimum absolute atomic E-state index is 0.00491. The number of nitrogens with zero attached hydrogens (tertiary/aromatic N) is 2. The van der Waals surface area contributed by atoms with E-state index in [1.54, 1.807) is 0 Å². The quantitative estimate of drug-likeness (QED) is 0.813. The number of pyridine rings is 1. The van der Waals surface area contributed by atoms with E-state index < -0.39 is 6.43 Å². The molecular weight excluding hydrogens is 224 g/mol. The van der Waals surface area contributed by atoms with Crippen LogP contribution in [0.5, 0.6) is 0 Å². The van der Waals surface area contributed by atoms with Crippen LogP contribution in [0.25, 0.3) is 0 Å². The summed E-state index contributed by atoms with van der Waals surface area (Å²) in [6.45, 7) is 0. The molecule has 0 saturated heterocycles. The predicted octanol–water partition coefficient (Wildman–Crippen LogP) is 2.41. The molecule has 15 heavy (non-hydrogen) atoms. The van der Waals surface area contributed by atoms with Crippen molar-refractivity contribution in [2.45, 2.75) is 18.7 Å². The maximum atomic E-state index is 12.6. The van der Waals surface area contributed by atoms with Gasteiger partial charge >= 0.3 is 0 Å². The van der Waals surface area contributed by atoms with E-state index >= 15 is 0 Å². The number of nitrogens with two attached hydrogens (primary N) is 1. The third-order valence-electron chi connectivity index (χ3n) is 1.97. The van der Waals surface area contributed by atoms with Crippen LogP contribution in [0.4, 0.5) is 14.6 Å². The Hall–Kier alpha value is -1.41. The summed E-state index contributed by atoms with van der Waals surface area (Å²) < 4.78 is 25.3. The summed E-state index contributed by atoms with van der Waals surface area (Å²) in [4.78, 5) is 3.62. The molecule has 0 aliphatic rings. The Morgan fingerprint density at radius 3 is 2.73 bits per heavy atom. The lowest BCUT2D eigenvalue weighted by molar-refractivity contribution is 0.151. The van der Waals surface area contributed by atoms with Gasteiger partial charge in [-0.15, -0.1) is 11.6 Å². The number of alkyl halides is 3. The Labute approximate surface area is 90.5 Å². The second kappa shape index (κ2) is 4.89. The number of aromatic nitrogens is 1. The van der Waals surface area contributed by atoms with E-state index in [0.717, 1.165) is 0 Å². The van der Waals surface area contributed by atoms with Gasteiger partial charge in [0.05, 0.1) is 18.1 Å². The van der Waals surface area contributed by atoms with Crippen molar-refractivity contribution in [1.82, 2.24) is 4.98 Å². The fourth-order valence-corrected chi connectivity index (χ4v) is 1.58. The van der Waals surface area contributed by atoms with Gasteiger partial charge < -0.3 is 5.73 Å². The van der Waals surface area contributed by atoms with Gasteiger partial charge in [0.25, 0.3) is 6.43 Å². The van der Waals surface area contributed by atoms with E-state index in [4.69, 9.17) is 22.6 Å². The fourth-order valence-electron chi connectivity index (χ4n) is 1.26. The maximum Gasteiger partial charge on any atom is 0.267 e. The summed E-state index contributed by atoms with van der Waals surface area (Å²) in [6, 6.07) is 1.86. The molecule has 1 aromatic rings. The molecule has 0 spiro atoms. The molecule has 0 aliphatic heterocycles. The summed E-state index contributed by atoms with van der Waals surface area (Å²) >= 11 is 5.56. The van der Waals surface area contributed by atoms with Crippen LogP contribution in [0.3, 0.4) is 0 Å². The average molecular weight is 232 g/mol. The summed E-state index contributed by atoms with van der Waals surface area (Å²) in [6.07, 6.45) is -1.43. The van der Waals surface area contributed by atoms with Crippen LogP contribution < -0.4 is 5.73 Å². The number of rotatable bonds is 3. The van der Waals surface area contributed by atoms with E-state index in [9.17, 15) is 8.78 Å². The van der Waals surface area contributed by atoms with E-state index in [0.29, 0.717) is 5.56 Å². The second-order valence-electron chi connectivity index (χ2n) is 2.83. The van der Waals surface area contributed by atoms with E-state index in [-0.39, 0.29) is 29.2 Å². The Kier molecular flexibility index (Phi) is 3.81. The summed E-state index contributed by atoms with van der Waals surface area (Å²) in [5, 5.41) is 8.50. The molecule has 0 radical (unpaired) electrons. The van der Waals surface area contributed by atoms with E-state index in [1.807, 2.05) is 6.07 Å². The highest BCUT2D eigenvalue weighted by molar-refractivity contribution is 6.17. The molecule has 0 aromatic carbocycles. The third kappa shape index (κ3) is 2.34. The van der Waals surface area contributed by atoms with Gasteiger partial charge in [-0.1, -0.05) is 0 Å². The van der Waals surface area contributed by atoms with Gasteiger partial charge in [-0.05, 0) is 11.1 Å². The monoisotopic (exact) mass is 231 g/mol. The zero-order valence-corrected chi connectivity index (χ0v) is 8.43. The lowest BCUT2D eigenvalue weighted by atomic mass is 10.0. The molecule has 1 rings (SSSR count). The molecule has 3 nitrogen and oxygen atoms in total. The van der Waals surface area contributed by atoms with Gasteiger partial charge in [0.15, 0.2) is 0 Å². The lowest BCUT2D eigenvalue weighted by Gasteiger charge is -2.11. The average Bonchev–Trinajstić information content (AvgIpc) is 2.19. The predicted molar refractivity (Wildman–Crippen MR) is 52.5 cm³/mol. The van der Waals surface area contributed by atoms with Gasteiger partial charge in [-0.25, -0.2) is 13.8 Å². The van der Waals surface area contributed by atoms with Gasteiger partial charge in [0.1, 0.15) is 5.82 Å². The van der Waals surface area contributed by atoms with Gasteiger partial charge in [0, 0.05) is 12.1 Å². The zero-order chi connectivity index (χ0) is 11.4. The summed E-state index contributed by atoms with van der Waals surface area (Å²) in [7, 11) is 0. The SMILES string of the molecule is N#CCc1cnc(N)c(C(F)F)c1CCl. The fraction of sp³-hybridized carbons (Fsp3) is 0.333. The number of halogens is 3. The van der Waals surface area contributed by atoms with Gasteiger partial charge in [-0.2, -0.15) is 5.26 Å². The van der Waals surface area contributed by atoms with Crippen molar-refractivity contribution in [3.05, 3.63) is 22.9 Å². The molecule has 0 unspecified atom stereocenters. The second-order valence-corrected chi connectivity index (χ2v) is 3.10. The number of anilines is 1. The Morgan fingerprint density at radius 2 is 2.27 bits per heavy atom. The maximum absolute atomic E-state index is 12.6. The first-order valence-corrected chi connectivity index (χ1v) is 4.62. The van der Waals surface area contributed by atoms with Crippen LogP contribution in [0, 0.1) is 11.3 Å². The molecule has 0 atom stereocenters. The van der Waals surface area contributed by atoms with Crippen LogP contribution in [-0.2, 0) is 12.3 Å². The molecule has 1 aromatic heterocycles. The van der Waals surface area contributed by atoms with Crippen LogP contribution in [-0.4, -0.2) is 4.98 Å². The van der Waals surface area contributed by atoms with Crippen molar-refractivity contribution in [3.63, 3.8) is 0 Å². The smallest absolute Gasteiger partial charge is 0.267 e. The zero-order valence-electron chi connectivity index (χ0n) is 7.67. The highest BCUT2D eigenvalue weighted by atomic mass is 35.5. The van der Waals surface area contributed by atoms with E-state index in [1.165, 1.54) is 6.20 Å². The van der Waals surface area contributed by atoms with Crippen molar-refractivity contribution >= 4 is 17.4 Å². The minimum Gasteiger partial charge on any atom is -0.383 e. The molecule has 0 saturated carbocycles. The number of nitriles is 1. The molecule has 0 fully saturated rings. The first-order valence-electron chi connectivity index (χ1n) is 4.09. The largest absolute Gasteiger partial charge is 0.383 e. The molecule has 80 valence electrons. The molecular formula is C9H8ClF2N3. The summed E-state index contributed by atoms with van der Waals surface area (Å²) in [5.74, 6) is -0.342. The third-order valence-corrected chi connectivity index (χ3v) is 2.24. The van der Waals surface area contributed by atoms with Crippen molar-refractivity contribution in [2.24, 2.45) is 0 Å². The molecule has 0 bridgehead atoms. The van der Waals surface area contributed by atoms with Gasteiger partial charge in [-0.3, -0.25) is 0 Å². The van der Waals surface area contributed by atoms with Crippen LogP contribution in [0.1, 0.15) is 23.1 Å². The normalized spacial score (nSPS) is 10.3. The summed E-state index contributed by atoms with van der Waals surface area (Å²) in [5.41, 5.74) is 5.58. The van der Waals surface area contributed by atoms with E-state index in [2.05, 4.69) is 4.98 Å². The molecule has 1 heterocycles. The number of nitrogen functional groups attached to an aromatic ring is 1. The van der Waals surface area contributed by atoms with Crippen molar-refractivity contribution in [3.8, 4) is 6.07 Å². The van der Waals surface area contributed by atoms with Crippen LogP contribution >= 0.6 is 11.6 Å². The Balaban J connectivity index is 3.34. The minimum atomic E-state index is -2.73. The number of hydrogen-bond acceptors (Lipinski definition) is 3. The molecule has 0 amide bonds. The van der Waals surface area contributed by atoms with Crippen molar-refractivity contribution in [1.29, 1.82) is 5.26 Å². The Bertz CT molecular complexity index is 401. The first kappa shape index (κ1) is 11.7. The topological polar surface area (TPSA) is 62.7 Å². The molecule has 2 N–H and O–H groups in total. The first-order chi connectivity index (χ1) is 7.11. The van der Waals surface area contributed by atoms with Gasteiger partial charge in [0.2, 0.25) is 0 Å². The standard InChI is InChI=1S/C9H8ClF2N3/c10-3-6-5(1-2-13)4-15-9(14)7(6)8(11)12/h4,8H,1,3H2,(H2,14,15). The lowest BCUT2D eigenvalue weighted by Crippen LogP contribution is -2.06. The van der Waals surface area contributed by atoms with Crippen LogP contribution in [0.2, 0.25) is 0 Å². The highest BCUT2D eigenvalue weighted by Gasteiger charge is 2.19. The Morgan fingerprint density at radius 1 is 1.60 bits per heavy atom. The molecule has 6 heteroatoms. The number of hydrogen-bond donors (Lipinski definition) is 1.